The summed E-state index contributed by atoms with van der Waals surface area (Å²) in [6.45, 7) is 2.00. The average molecular weight is 332 g/mol. The molecule has 0 amide bonds. The molecule has 22 heavy (non-hydrogen) atoms. The normalized spacial score (nSPS) is 18.0. The van der Waals surface area contributed by atoms with Crippen LogP contribution in [0.5, 0.6) is 0 Å². The molecule has 3 aromatic heterocycles. The van der Waals surface area contributed by atoms with Crippen molar-refractivity contribution >= 4 is 39.0 Å². The van der Waals surface area contributed by atoms with Crippen molar-refractivity contribution in [1.29, 1.82) is 0 Å². The van der Waals surface area contributed by atoms with Gasteiger partial charge in [-0.2, -0.15) is 0 Å². The van der Waals surface area contributed by atoms with Crippen LogP contribution in [0.15, 0.2) is 29.9 Å². The Hall–Kier alpha value is -1.76. The van der Waals surface area contributed by atoms with Crippen molar-refractivity contribution in [2.75, 3.05) is 18.4 Å². The quantitative estimate of drug-likeness (QED) is 0.771. The number of anilines is 1. The molecule has 0 unspecified atom stereocenters. The van der Waals surface area contributed by atoms with Gasteiger partial charge >= 0.3 is 0 Å². The molecule has 0 radical (unpaired) electrons. The van der Waals surface area contributed by atoms with E-state index in [-0.39, 0.29) is 0 Å². The molecule has 1 atom stereocenters. The molecule has 0 bridgehead atoms. The third-order valence-corrected chi connectivity index (χ3v) is 4.93. The van der Waals surface area contributed by atoms with Crippen LogP contribution in [0.1, 0.15) is 6.42 Å². The van der Waals surface area contributed by atoms with E-state index in [4.69, 9.17) is 16.6 Å². The van der Waals surface area contributed by atoms with E-state index in [1.807, 2.05) is 17.5 Å². The highest BCUT2D eigenvalue weighted by atomic mass is 35.5. The topological polar surface area (TPSA) is 62.7 Å². The SMILES string of the molecule is Clc1cnccc1-c1nc(N[C@@H]2CCNC2)c2sccc2n1. The molecule has 112 valence electrons. The Labute approximate surface area is 136 Å². The predicted octanol–water partition coefficient (Wildman–Crippen LogP) is 3.18. The highest BCUT2D eigenvalue weighted by Crippen LogP contribution is 2.31. The average Bonchev–Trinajstić information content (AvgIpc) is 3.18. The molecular formula is C15H14ClN5S. The van der Waals surface area contributed by atoms with Crippen molar-refractivity contribution in [2.24, 2.45) is 0 Å². The lowest BCUT2D eigenvalue weighted by Gasteiger charge is -2.14. The van der Waals surface area contributed by atoms with Gasteiger partial charge in [0.25, 0.3) is 0 Å². The zero-order valence-electron chi connectivity index (χ0n) is 11.7. The number of aromatic nitrogens is 3. The van der Waals surface area contributed by atoms with Crippen LogP contribution in [0.4, 0.5) is 5.82 Å². The van der Waals surface area contributed by atoms with E-state index in [0.29, 0.717) is 16.9 Å². The summed E-state index contributed by atoms with van der Waals surface area (Å²) in [4.78, 5) is 13.4. The number of halogens is 1. The zero-order chi connectivity index (χ0) is 14.9. The lowest BCUT2D eigenvalue weighted by atomic mass is 10.2. The van der Waals surface area contributed by atoms with E-state index >= 15 is 0 Å². The van der Waals surface area contributed by atoms with Crippen molar-refractivity contribution in [3.05, 3.63) is 34.9 Å². The zero-order valence-corrected chi connectivity index (χ0v) is 13.3. The number of fused-ring (bicyclic) bond motifs is 1. The number of thiophene rings is 1. The maximum atomic E-state index is 6.24. The van der Waals surface area contributed by atoms with Crippen LogP contribution in [0.2, 0.25) is 5.02 Å². The first-order valence-corrected chi connectivity index (χ1v) is 8.39. The smallest absolute Gasteiger partial charge is 0.163 e. The van der Waals surface area contributed by atoms with Gasteiger partial charge in [0.15, 0.2) is 5.82 Å². The lowest BCUT2D eigenvalue weighted by molar-refractivity contribution is 0.789. The largest absolute Gasteiger partial charge is 0.365 e. The van der Waals surface area contributed by atoms with Gasteiger partial charge in [0.1, 0.15) is 5.82 Å². The molecule has 1 aliphatic rings. The van der Waals surface area contributed by atoms with Crippen molar-refractivity contribution in [3.8, 4) is 11.4 Å². The molecular weight excluding hydrogens is 318 g/mol. The first kappa shape index (κ1) is 13.9. The van der Waals surface area contributed by atoms with Crippen LogP contribution < -0.4 is 10.6 Å². The molecule has 1 fully saturated rings. The maximum Gasteiger partial charge on any atom is 0.163 e. The molecule has 0 aliphatic carbocycles. The summed E-state index contributed by atoms with van der Waals surface area (Å²) >= 11 is 7.89. The standard InChI is InChI=1S/C15H14ClN5S/c16-11-8-18-5-2-10(11)14-20-12-3-6-22-13(12)15(21-14)19-9-1-4-17-7-9/h2-3,5-6,8-9,17H,1,4,7H2,(H,19,20,21)/t9-/m1/s1. The second-order valence-electron chi connectivity index (χ2n) is 5.22. The molecule has 1 aliphatic heterocycles. The first-order valence-electron chi connectivity index (χ1n) is 7.13. The molecule has 4 heterocycles. The van der Waals surface area contributed by atoms with E-state index in [1.165, 1.54) is 0 Å². The first-order chi connectivity index (χ1) is 10.8. The van der Waals surface area contributed by atoms with Crippen molar-refractivity contribution in [2.45, 2.75) is 12.5 Å². The Bertz CT molecular complexity index is 813. The Kier molecular flexibility index (Phi) is 3.65. The number of rotatable bonds is 3. The number of hydrogen-bond donors (Lipinski definition) is 2. The van der Waals surface area contributed by atoms with E-state index in [0.717, 1.165) is 41.1 Å². The summed E-state index contributed by atoms with van der Waals surface area (Å²) in [5.41, 5.74) is 1.74. The van der Waals surface area contributed by atoms with E-state index in [1.54, 1.807) is 23.7 Å². The van der Waals surface area contributed by atoms with Gasteiger partial charge < -0.3 is 10.6 Å². The van der Waals surface area contributed by atoms with Gasteiger partial charge in [-0.3, -0.25) is 4.98 Å². The number of nitrogens with one attached hydrogen (secondary N) is 2. The number of hydrogen-bond acceptors (Lipinski definition) is 6. The Morgan fingerprint density at radius 2 is 2.27 bits per heavy atom. The van der Waals surface area contributed by atoms with Gasteiger partial charge in [0.2, 0.25) is 0 Å². The Balaban J connectivity index is 1.81. The second-order valence-corrected chi connectivity index (χ2v) is 6.54. The minimum Gasteiger partial charge on any atom is -0.365 e. The summed E-state index contributed by atoms with van der Waals surface area (Å²) in [5, 5.41) is 9.49. The fourth-order valence-corrected chi connectivity index (χ4v) is 3.60. The van der Waals surface area contributed by atoms with Gasteiger partial charge in [-0.1, -0.05) is 11.6 Å². The van der Waals surface area contributed by atoms with Crippen LogP contribution >= 0.6 is 22.9 Å². The summed E-state index contributed by atoms with van der Waals surface area (Å²) in [6.07, 6.45) is 4.42. The minimum atomic E-state index is 0.404. The highest BCUT2D eigenvalue weighted by Gasteiger charge is 2.18. The Morgan fingerprint density at radius 1 is 1.32 bits per heavy atom. The molecule has 2 N–H and O–H groups in total. The molecule has 3 aromatic rings. The fourth-order valence-electron chi connectivity index (χ4n) is 2.61. The summed E-state index contributed by atoms with van der Waals surface area (Å²) in [5.74, 6) is 1.52. The molecule has 1 saturated heterocycles. The van der Waals surface area contributed by atoms with Crippen molar-refractivity contribution < 1.29 is 0 Å². The minimum absolute atomic E-state index is 0.404. The van der Waals surface area contributed by atoms with Crippen molar-refractivity contribution in [1.82, 2.24) is 20.3 Å². The molecule has 4 rings (SSSR count). The summed E-state index contributed by atoms with van der Waals surface area (Å²) in [7, 11) is 0. The third-order valence-electron chi connectivity index (χ3n) is 3.72. The third kappa shape index (κ3) is 2.54. The second kappa shape index (κ2) is 5.79. The van der Waals surface area contributed by atoms with Gasteiger partial charge in [0, 0.05) is 30.5 Å². The number of nitrogens with zero attached hydrogens (tertiary/aromatic N) is 3. The fraction of sp³-hybridized carbons (Fsp3) is 0.267. The molecule has 0 aromatic carbocycles. The van der Waals surface area contributed by atoms with Gasteiger partial charge in [-0.15, -0.1) is 11.3 Å². The summed E-state index contributed by atoms with van der Waals surface area (Å²) in [6, 6.07) is 4.26. The van der Waals surface area contributed by atoms with Gasteiger partial charge in [-0.05, 0) is 30.5 Å². The van der Waals surface area contributed by atoms with Gasteiger partial charge in [-0.25, -0.2) is 9.97 Å². The van der Waals surface area contributed by atoms with E-state index < -0.39 is 0 Å². The van der Waals surface area contributed by atoms with Crippen LogP contribution in [0, 0.1) is 0 Å². The number of pyridine rings is 1. The van der Waals surface area contributed by atoms with Crippen LogP contribution in [0.3, 0.4) is 0 Å². The molecule has 7 heteroatoms. The van der Waals surface area contributed by atoms with Crippen LogP contribution in [-0.4, -0.2) is 34.1 Å². The highest BCUT2D eigenvalue weighted by molar-refractivity contribution is 7.17. The van der Waals surface area contributed by atoms with Crippen LogP contribution in [-0.2, 0) is 0 Å². The molecule has 0 saturated carbocycles. The van der Waals surface area contributed by atoms with Gasteiger partial charge in [0.05, 0.1) is 15.2 Å². The van der Waals surface area contributed by atoms with E-state index in [2.05, 4.69) is 20.6 Å². The van der Waals surface area contributed by atoms with Crippen molar-refractivity contribution in [3.63, 3.8) is 0 Å². The Morgan fingerprint density at radius 3 is 3.09 bits per heavy atom. The molecule has 0 spiro atoms. The predicted molar refractivity (Wildman–Crippen MR) is 90.6 cm³/mol. The summed E-state index contributed by atoms with van der Waals surface area (Å²) < 4.78 is 1.08. The maximum absolute atomic E-state index is 6.24. The lowest BCUT2D eigenvalue weighted by Crippen LogP contribution is -2.22. The van der Waals surface area contributed by atoms with Crippen LogP contribution in [0.25, 0.3) is 21.6 Å². The monoisotopic (exact) mass is 331 g/mol. The van der Waals surface area contributed by atoms with E-state index in [9.17, 15) is 0 Å². The molecule has 5 nitrogen and oxygen atoms in total.